The average Bonchev–Trinajstić information content (AvgIpc) is 3.38. The Morgan fingerprint density at radius 3 is 2.89 bits per heavy atom. The van der Waals surface area contributed by atoms with Crippen LogP contribution in [0.25, 0.3) is 10.9 Å². The third-order valence-electron chi connectivity index (χ3n) is 7.33. The number of carbonyl (C=O) groups is 1. The molecule has 1 saturated heterocycles. The van der Waals surface area contributed by atoms with Gasteiger partial charge in [-0.1, -0.05) is 6.07 Å². The van der Waals surface area contributed by atoms with Gasteiger partial charge < -0.3 is 19.6 Å². The molecule has 8 heteroatoms. The highest BCUT2D eigenvalue weighted by atomic mass is 32.2. The first kappa shape index (κ1) is 26.9. The number of hydrogen-bond donors (Lipinski definition) is 1. The number of aliphatic carboxylic acids is 1. The molecule has 4 rings (SSSR count). The molecule has 0 bridgehead atoms. The number of likely N-dealkylation sites (tertiary alicyclic amines) is 1. The summed E-state index contributed by atoms with van der Waals surface area (Å²) in [6.45, 7) is 2.94. The summed E-state index contributed by atoms with van der Waals surface area (Å²) in [6, 6.07) is 12.6. The van der Waals surface area contributed by atoms with E-state index in [0.717, 1.165) is 61.3 Å². The lowest BCUT2D eigenvalue weighted by Crippen LogP contribution is -2.42. The highest BCUT2D eigenvalue weighted by Crippen LogP contribution is 2.36. The molecule has 3 heterocycles. The third-order valence-corrected chi connectivity index (χ3v) is 9.45. The SMILES string of the molecule is COc1ccc2nccc([C@@H](CC[C@@H]3CCN(CCSc4cccs4)C[C@@H]3CC(=O)O)N(C)C)c2c1. The zero-order chi connectivity index (χ0) is 25.5. The van der Waals surface area contributed by atoms with Crippen molar-refractivity contribution in [2.45, 2.75) is 35.9 Å². The van der Waals surface area contributed by atoms with E-state index in [1.165, 1.54) is 9.77 Å². The maximum Gasteiger partial charge on any atom is 0.303 e. The van der Waals surface area contributed by atoms with Gasteiger partial charge in [-0.2, -0.15) is 0 Å². The molecule has 3 aromatic rings. The van der Waals surface area contributed by atoms with Gasteiger partial charge in [-0.25, -0.2) is 0 Å². The monoisotopic (exact) mass is 527 g/mol. The molecule has 0 spiro atoms. The molecule has 36 heavy (non-hydrogen) atoms. The standard InChI is InChI=1S/C28H37N3O3S2/c1-30(2)26(23-10-12-29-25-8-7-22(34-3)18-24(23)25)9-6-20-11-13-31(19-21(20)17-27(32)33)14-16-36-28-5-4-15-35-28/h4-5,7-8,10,12,15,18,20-21,26H,6,9,11,13-14,16-17,19H2,1-3H3,(H,32,33)/t20-,21+,26-/m1/s1. The smallest absolute Gasteiger partial charge is 0.303 e. The predicted molar refractivity (Wildman–Crippen MR) is 149 cm³/mol. The minimum atomic E-state index is -0.684. The molecule has 3 atom stereocenters. The first-order valence-corrected chi connectivity index (χ1v) is 14.5. The van der Waals surface area contributed by atoms with Crippen molar-refractivity contribution in [1.29, 1.82) is 0 Å². The molecule has 1 fully saturated rings. The number of pyridine rings is 1. The van der Waals surface area contributed by atoms with E-state index in [-0.39, 0.29) is 18.4 Å². The Morgan fingerprint density at radius 1 is 1.31 bits per heavy atom. The molecule has 1 aromatic carbocycles. The molecule has 6 nitrogen and oxygen atoms in total. The zero-order valence-corrected chi connectivity index (χ0v) is 23.1. The fourth-order valence-corrected chi connectivity index (χ4v) is 7.31. The second kappa shape index (κ2) is 12.9. The van der Waals surface area contributed by atoms with Crippen molar-refractivity contribution >= 4 is 40.0 Å². The van der Waals surface area contributed by atoms with E-state index in [1.54, 1.807) is 18.4 Å². The molecule has 0 radical (unpaired) electrons. The summed E-state index contributed by atoms with van der Waals surface area (Å²) < 4.78 is 6.83. The molecule has 1 aliphatic rings. The fraction of sp³-hybridized carbons (Fsp3) is 0.500. The lowest BCUT2D eigenvalue weighted by Gasteiger charge is -2.39. The van der Waals surface area contributed by atoms with Crippen molar-refractivity contribution < 1.29 is 14.6 Å². The van der Waals surface area contributed by atoms with Crippen LogP contribution in [0.15, 0.2) is 52.2 Å². The van der Waals surface area contributed by atoms with Crippen molar-refractivity contribution in [2.75, 3.05) is 46.6 Å². The Morgan fingerprint density at radius 2 is 2.17 bits per heavy atom. The number of benzene rings is 1. The van der Waals surface area contributed by atoms with Gasteiger partial charge >= 0.3 is 5.97 Å². The maximum absolute atomic E-state index is 11.7. The number of thiophene rings is 1. The van der Waals surface area contributed by atoms with Crippen LogP contribution in [0.1, 0.15) is 37.3 Å². The molecule has 2 aromatic heterocycles. The molecular formula is C28H37N3O3S2. The summed E-state index contributed by atoms with van der Waals surface area (Å²) in [5.41, 5.74) is 2.22. The Kier molecular flexibility index (Phi) is 9.65. The van der Waals surface area contributed by atoms with Crippen LogP contribution < -0.4 is 4.74 Å². The Bertz CT molecular complexity index is 1120. The van der Waals surface area contributed by atoms with Crippen molar-refractivity contribution in [1.82, 2.24) is 14.8 Å². The molecule has 0 saturated carbocycles. The number of thioether (sulfide) groups is 1. The number of aromatic nitrogens is 1. The normalized spacial score (nSPS) is 19.6. The van der Waals surface area contributed by atoms with Gasteiger partial charge in [-0.05, 0) is 93.0 Å². The lowest BCUT2D eigenvalue weighted by molar-refractivity contribution is -0.139. The van der Waals surface area contributed by atoms with Crippen LogP contribution in [-0.4, -0.2) is 72.5 Å². The van der Waals surface area contributed by atoms with Crippen LogP contribution in [0.3, 0.4) is 0 Å². The average molecular weight is 528 g/mol. The van der Waals surface area contributed by atoms with Crippen molar-refractivity contribution in [2.24, 2.45) is 11.8 Å². The number of rotatable bonds is 12. The largest absolute Gasteiger partial charge is 0.497 e. The van der Waals surface area contributed by atoms with Gasteiger partial charge in [0.05, 0.1) is 16.8 Å². The first-order chi connectivity index (χ1) is 17.4. The maximum atomic E-state index is 11.7. The second-order valence-corrected chi connectivity index (χ2v) is 12.2. The number of carboxylic acid groups (broad SMARTS) is 1. The number of methoxy groups -OCH3 is 1. The molecular weight excluding hydrogens is 490 g/mol. The second-order valence-electron chi connectivity index (χ2n) is 9.83. The van der Waals surface area contributed by atoms with Crippen LogP contribution in [0.5, 0.6) is 5.75 Å². The van der Waals surface area contributed by atoms with Gasteiger partial charge in [0.25, 0.3) is 0 Å². The minimum Gasteiger partial charge on any atom is -0.497 e. The van der Waals surface area contributed by atoms with Gasteiger partial charge in [0, 0.05) is 42.9 Å². The van der Waals surface area contributed by atoms with E-state index in [9.17, 15) is 9.90 Å². The third kappa shape index (κ3) is 7.00. The van der Waals surface area contributed by atoms with Crippen LogP contribution >= 0.6 is 23.1 Å². The predicted octanol–water partition coefficient (Wildman–Crippen LogP) is 5.89. The molecule has 0 aliphatic carbocycles. The van der Waals surface area contributed by atoms with Crippen LogP contribution in [-0.2, 0) is 4.79 Å². The summed E-state index contributed by atoms with van der Waals surface area (Å²) in [5, 5.41) is 12.9. The van der Waals surface area contributed by atoms with Gasteiger partial charge in [0.2, 0.25) is 0 Å². The van der Waals surface area contributed by atoms with Gasteiger partial charge in [0.15, 0.2) is 0 Å². The Labute approximate surface area is 222 Å². The highest BCUT2D eigenvalue weighted by molar-refractivity contribution is 8.01. The van der Waals surface area contributed by atoms with E-state index in [2.05, 4.69) is 58.5 Å². The van der Waals surface area contributed by atoms with Crippen molar-refractivity contribution in [3.63, 3.8) is 0 Å². The van der Waals surface area contributed by atoms with Crippen LogP contribution in [0.2, 0.25) is 0 Å². The molecule has 0 unspecified atom stereocenters. The lowest BCUT2D eigenvalue weighted by atomic mass is 9.79. The first-order valence-electron chi connectivity index (χ1n) is 12.6. The zero-order valence-electron chi connectivity index (χ0n) is 21.4. The van der Waals surface area contributed by atoms with Crippen molar-refractivity contribution in [3.05, 3.63) is 53.5 Å². The van der Waals surface area contributed by atoms with E-state index in [4.69, 9.17) is 4.74 Å². The Hall–Kier alpha value is -2.13. The Balaban J connectivity index is 1.42. The summed E-state index contributed by atoms with van der Waals surface area (Å²) >= 11 is 3.68. The molecule has 194 valence electrons. The number of piperidine rings is 1. The number of hydrogen-bond acceptors (Lipinski definition) is 7. The number of nitrogens with zero attached hydrogens (tertiary/aromatic N) is 3. The summed E-state index contributed by atoms with van der Waals surface area (Å²) in [6.07, 6.45) is 5.21. The topological polar surface area (TPSA) is 65.9 Å². The number of carboxylic acids is 1. The molecule has 1 N–H and O–H groups in total. The summed E-state index contributed by atoms with van der Waals surface area (Å²) in [5.74, 6) is 1.82. The number of ether oxygens (including phenoxy) is 1. The minimum absolute atomic E-state index is 0.195. The van der Waals surface area contributed by atoms with E-state index >= 15 is 0 Å². The highest BCUT2D eigenvalue weighted by Gasteiger charge is 2.31. The van der Waals surface area contributed by atoms with E-state index in [1.807, 2.05) is 30.1 Å². The summed E-state index contributed by atoms with van der Waals surface area (Å²) in [4.78, 5) is 21.0. The molecule has 1 aliphatic heterocycles. The van der Waals surface area contributed by atoms with Crippen LogP contribution in [0, 0.1) is 11.8 Å². The van der Waals surface area contributed by atoms with E-state index < -0.39 is 5.97 Å². The quantitative estimate of drug-likeness (QED) is 0.295. The van der Waals surface area contributed by atoms with Crippen molar-refractivity contribution in [3.8, 4) is 5.75 Å². The van der Waals surface area contributed by atoms with Crippen LogP contribution in [0.4, 0.5) is 0 Å². The van der Waals surface area contributed by atoms with Gasteiger partial charge in [-0.3, -0.25) is 9.78 Å². The summed E-state index contributed by atoms with van der Waals surface area (Å²) in [7, 11) is 5.94. The van der Waals surface area contributed by atoms with E-state index in [0.29, 0.717) is 5.92 Å². The van der Waals surface area contributed by atoms with Gasteiger partial charge in [-0.15, -0.1) is 23.1 Å². The van der Waals surface area contributed by atoms with Gasteiger partial charge in [0.1, 0.15) is 5.75 Å². The number of fused-ring (bicyclic) bond motifs is 1. The molecule has 0 amide bonds. The fourth-order valence-electron chi connectivity index (χ4n) is 5.44.